The number of hydrogen-bond acceptors (Lipinski definition) is 4. The number of carbonyl (C=O) groups is 2. The number of benzene rings is 2. The first-order valence-electron chi connectivity index (χ1n) is 9.50. The third-order valence-corrected chi connectivity index (χ3v) is 4.95. The Hall–Kier alpha value is -3.02. The number of esters is 1. The summed E-state index contributed by atoms with van der Waals surface area (Å²) in [5.74, 6) is 0.275. The summed E-state index contributed by atoms with van der Waals surface area (Å²) in [5.41, 5.74) is 2.14. The fourth-order valence-electron chi connectivity index (χ4n) is 3.41. The van der Waals surface area contributed by atoms with Gasteiger partial charge in [0.05, 0.1) is 32.0 Å². The highest BCUT2D eigenvalue weighted by molar-refractivity contribution is 5.94. The van der Waals surface area contributed by atoms with Gasteiger partial charge in [0.15, 0.2) is 0 Å². The number of amides is 2. The summed E-state index contributed by atoms with van der Waals surface area (Å²) in [7, 11) is 2.96. The summed E-state index contributed by atoms with van der Waals surface area (Å²) in [6.07, 6.45) is 3.21. The standard InChI is InChI=1S/C22H26N2O4/c1-27-20-9-5-4-8-19(20)24(22(26)23-14-6-3-7-15-23)16-17-10-12-18(13-11-17)21(25)28-2/h4-5,8-13H,3,6-7,14-16H2,1-2H3. The number of para-hydroxylation sites is 2. The van der Waals surface area contributed by atoms with Crippen LogP contribution in [-0.2, 0) is 11.3 Å². The van der Waals surface area contributed by atoms with Gasteiger partial charge < -0.3 is 14.4 Å². The van der Waals surface area contributed by atoms with Crippen LogP contribution in [0.5, 0.6) is 5.75 Å². The van der Waals surface area contributed by atoms with Gasteiger partial charge in [0, 0.05) is 13.1 Å². The van der Waals surface area contributed by atoms with Gasteiger partial charge in [-0.3, -0.25) is 4.90 Å². The van der Waals surface area contributed by atoms with E-state index in [-0.39, 0.29) is 12.0 Å². The average molecular weight is 382 g/mol. The fraction of sp³-hybridized carbons (Fsp3) is 0.364. The van der Waals surface area contributed by atoms with Crippen molar-refractivity contribution >= 4 is 17.7 Å². The molecular weight excluding hydrogens is 356 g/mol. The van der Waals surface area contributed by atoms with Crippen molar-refractivity contribution in [3.05, 3.63) is 59.7 Å². The lowest BCUT2D eigenvalue weighted by molar-refractivity contribution is 0.0600. The van der Waals surface area contributed by atoms with Crippen LogP contribution in [0.25, 0.3) is 0 Å². The van der Waals surface area contributed by atoms with Gasteiger partial charge in [0.1, 0.15) is 5.75 Å². The smallest absolute Gasteiger partial charge is 0.337 e. The minimum absolute atomic E-state index is 0.0266. The molecule has 2 aromatic rings. The summed E-state index contributed by atoms with van der Waals surface area (Å²) in [6, 6.07) is 14.6. The first kappa shape index (κ1) is 19.7. The van der Waals surface area contributed by atoms with Crippen LogP contribution in [-0.4, -0.2) is 44.2 Å². The minimum atomic E-state index is -0.377. The highest BCUT2D eigenvalue weighted by atomic mass is 16.5. The molecule has 6 nitrogen and oxygen atoms in total. The quantitative estimate of drug-likeness (QED) is 0.731. The Bertz CT molecular complexity index is 814. The molecule has 2 aromatic carbocycles. The molecule has 2 amide bonds. The average Bonchev–Trinajstić information content (AvgIpc) is 2.77. The van der Waals surface area contributed by atoms with Crippen LogP contribution in [0, 0.1) is 0 Å². The molecule has 0 aromatic heterocycles. The third kappa shape index (κ3) is 4.44. The van der Waals surface area contributed by atoms with E-state index in [2.05, 4.69) is 0 Å². The predicted molar refractivity (Wildman–Crippen MR) is 108 cm³/mol. The molecule has 6 heteroatoms. The maximum absolute atomic E-state index is 13.3. The highest BCUT2D eigenvalue weighted by Gasteiger charge is 2.26. The zero-order chi connectivity index (χ0) is 19.9. The number of rotatable bonds is 5. The number of hydrogen-bond donors (Lipinski definition) is 0. The molecule has 1 fully saturated rings. The molecule has 0 bridgehead atoms. The van der Waals surface area contributed by atoms with Gasteiger partial charge in [0.25, 0.3) is 0 Å². The van der Waals surface area contributed by atoms with E-state index in [0.717, 1.165) is 43.6 Å². The van der Waals surface area contributed by atoms with Crippen molar-refractivity contribution in [3.63, 3.8) is 0 Å². The monoisotopic (exact) mass is 382 g/mol. The SMILES string of the molecule is COC(=O)c1ccc(CN(C(=O)N2CCCCC2)c2ccccc2OC)cc1. The molecule has 1 saturated heterocycles. The molecule has 0 unspecified atom stereocenters. The summed E-state index contributed by atoms with van der Waals surface area (Å²) >= 11 is 0. The molecule has 0 saturated carbocycles. The van der Waals surface area contributed by atoms with Crippen LogP contribution in [0.1, 0.15) is 35.2 Å². The Morgan fingerprint density at radius 2 is 1.64 bits per heavy atom. The number of anilines is 1. The van der Waals surface area contributed by atoms with Crippen LogP contribution >= 0.6 is 0 Å². The van der Waals surface area contributed by atoms with Gasteiger partial charge in [-0.15, -0.1) is 0 Å². The Labute approximate surface area is 165 Å². The number of likely N-dealkylation sites (tertiary alicyclic amines) is 1. The molecule has 148 valence electrons. The molecule has 0 spiro atoms. The molecular formula is C22H26N2O4. The van der Waals surface area contributed by atoms with Gasteiger partial charge in [-0.1, -0.05) is 24.3 Å². The second-order valence-corrected chi connectivity index (χ2v) is 6.78. The van der Waals surface area contributed by atoms with Crippen LogP contribution in [0.15, 0.2) is 48.5 Å². The Kier molecular flexibility index (Phi) is 6.53. The number of nitrogens with zero attached hydrogens (tertiary/aromatic N) is 2. The number of ether oxygens (including phenoxy) is 2. The summed E-state index contributed by atoms with van der Waals surface area (Å²) < 4.78 is 10.2. The predicted octanol–water partition coefficient (Wildman–Crippen LogP) is 4.09. The summed E-state index contributed by atoms with van der Waals surface area (Å²) in [4.78, 5) is 28.6. The number of methoxy groups -OCH3 is 2. The van der Waals surface area contributed by atoms with E-state index >= 15 is 0 Å². The highest BCUT2D eigenvalue weighted by Crippen LogP contribution is 2.30. The molecule has 28 heavy (non-hydrogen) atoms. The molecule has 0 aliphatic carbocycles. The van der Waals surface area contributed by atoms with E-state index in [4.69, 9.17) is 9.47 Å². The molecule has 3 rings (SSSR count). The van der Waals surface area contributed by atoms with E-state index in [1.54, 1.807) is 24.1 Å². The first-order valence-corrected chi connectivity index (χ1v) is 9.50. The topological polar surface area (TPSA) is 59.1 Å². The number of urea groups is 1. The fourth-order valence-corrected chi connectivity index (χ4v) is 3.41. The van der Waals surface area contributed by atoms with Crippen molar-refractivity contribution in [2.24, 2.45) is 0 Å². The minimum Gasteiger partial charge on any atom is -0.495 e. The molecule has 1 aliphatic heterocycles. The van der Waals surface area contributed by atoms with Crippen molar-refractivity contribution in [1.82, 2.24) is 4.90 Å². The van der Waals surface area contributed by atoms with Crippen molar-refractivity contribution in [2.45, 2.75) is 25.8 Å². The third-order valence-electron chi connectivity index (χ3n) is 4.95. The zero-order valence-electron chi connectivity index (χ0n) is 16.4. The van der Waals surface area contributed by atoms with E-state index < -0.39 is 0 Å². The van der Waals surface area contributed by atoms with E-state index in [1.807, 2.05) is 41.3 Å². The Balaban J connectivity index is 1.89. The van der Waals surface area contributed by atoms with Crippen LogP contribution in [0.2, 0.25) is 0 Å². The van der Waals surface area contributed by atoms with Gasteiger partial charge in [-0.05, 0) is 49.1 Å². The second-order valence-electron chi connectivity index (χ2n) is 6.78. The maximum Gasteiger partial charge on any atom is 0.337 e. The van der Waals surface area contributed by atoms with Crippen LogP contribution in [0.3, 0.4) is 0 Å². The van der Waals surface area contributed by atoms with E-state index in [9.17, 15) is 9.59 Å². The van der Waals surface area contributed by atoms with Crippen molar-refractivity contribution in [1.29, 1.82) is 0 Å². The molecule has 0 radical (unpaired) electrons. The maximum atomic E-state index is 13.3. The normalized spacial score (nSPS) is 13.7. The lowest BCUT2D eigenvalue weighted by Crippen LogP contribution is -2.45. The lowest BCUT2D eigenvalue weighted by Gasteiger charge is -2.33. The lowest BCUT2D eigenvalue weighted by atomic mass is 10.1. The van der Waals surface area contributed by atoms with Crippen molar-refractivity contribution in [3.8, 4) is 5.75 Å². The Morgan fingerprint density at radius 1 is 0.964 bits per heavy atom. The second kappa shape index (κ2) is 9.26. The molecule has 0 N–H and O–H groups in total. The summed E-state index contributed by atoms with van der Waals surface area (Å²) in [5, 5.41) is 0. The molecule has 0 atom stereocenters. The molecule has 1 heterocycles. The number of carbonyl (C=O) groups excluding carboxylic acids is 2. The van der Waals surface area contributed by atoms with Gasteiger partial charge in [-0.2, -0.15) is 0 Å². The summed E-state index contributed by atoms with van der Waals surface area (Å²) in [6.45, 7) is 1.93. The van der Waals surface area contributed by atoms with E-state index in [1.165, 1.54) is 7.11 Å². The van der Waals surface area contributed by atoms with Crippen LogP contribution < -0.4 is 9.64 Å². The first-order chi connectivity index (χ1) is 13.6. The zero-order valence-corrected chi connectivity index (χ0v) is 16.4. The van der Waals surface area contributed by atoms with Crippen LogP contribution in [0.4, 0.5) is 10.5 Å². The largest absolute Gasteiger partial charge is 0.495 e. The van der Waals surface area contributed by atoms with Gasteiger partial charge in [-0.25, -0.2) is 9.59 Å². The van der Waals surface area contributed by atoms with Crippen molar-refractivity contribution in [2.75, 3.05) is 32.2 Å². The van der Waals surface area contributed by atoms with Crippen molar-refractivity contribution < 1.29 is 19.1 Å². The molecule has 1 aliphatic rings. The van der Waals surface area contributed by atoms with Gasteiger partial charge >= 0.3 is 12.0 Å². The van der Waals surface area contributed by atoms with Gasteiger partial charge in [0.2, 0.25) is 0 Å². The Morgan fingerprint density at radius 3 is 2.29 bits per heavy atom. The van der Waals surface area contributed by atoms with E-state index in [0.29, 0.717) is 17.9 Å². The number of piperidine rings is 1.